The van der Waals surface area contributed by atoms with E-state index in [1.165, 1.54) is 12.4 Å². The fourth-order valence-corrected chi connectivity index (χ4v) is 4.86. The number of hydrogen-bond donors (Lipinski definition) is 2. The fourth-order valence-electron chi connectivity index (χ4n) is 4.86. The normalized spacial score (nSPS) is 15.0. The van der Waals surface area contributed by atoms with E-state index in [9.17, 15) is 9.59 Å². The summed E-state index contributed by atoms with van der Waals surface area (Å²) in [6.07, 6.45) is 6.67. The lowest BCUT2D eigenvalue weighted by Crippen LogP contribution is -2.49. The third kappa shape index (κ3) is 4.79. The number of piperidine rings is 1. The summed E-state index contributed by atoms with van der Waals surface area (Å²) in [5.74, 6) is 0.116. The molecule has 36 heavy (non-hydrogen) atoms. The highest BCUT2D eigenvalue weighted by molar-refractivity contribution is 5.89. The number of aromatic amines is 1. The van der Waals surface area contributed by atoms with Gasteiger partial charge in [-0.2, -0.15) is 0 Å². The summed E-state index contributed by atoms with van der Waals surface area (Å²) in [4.78, 5) is 39.1. The number of H-pyrrole nitrogens is 1. The number of nitrogens with zero attached hydrogens (tertiary/aromatic N) is 3. The van der Waals surface area contributed by atoms with E-state index in [0.29, 0.717) is 50.5 Å². The predicted molar refractivity (Wildman–Crippen MR) is 138 cm³/mol. The third-order valence-electron chi connectivity index (χ3n) is 6.83. The molecular formula is C28H29N5O3. The van der Waals surface area contributed by atoms with Crippen LogP contribution >= 0.6 is 0 Å². The number of carbonyl (C=O) groups is 2. The van der Waals surface area contributed by atoms with Crippen molar-refractivity contribution in [3.05, 3.63) is 89.9 Å². The molecule has 2 aromatic heterocycles. The van der Waals surface area contributed by atoms with Crippen molar-refractivity contribution in [2.45, 2.75) is 31.7 Å². The molecule has 0 bridgehead atoms. The molecule has 0 unspecified atom stereocenters. The van der Waals surface area contributed by atoms with Gasteiger partial charge < -0.3 is 19.9 Å². The van der Waals surface area contributed by atoms with Crippen molar-refractivity contribution < 1.29 is 14.3 Å². The third-order valence-corrected chi connectivity index (χ3v) is 6.83. The van der Waals surface area contributed by atoms with Crippen molar-refractivity contribution in [3.63, 3.8) is 0 Å². The van der Waals surface area contributed by atoms with Crippen LogP contribution in [0.3, 0.4) is 0 Å². The largest absolute Gasteiger partial charge is 0.462 e. The topological polar surface area (TPSA) is 100 Å². The van der Waals surface area contributed by atoms with Crippen LogP contribution in [-0.4, -0.2) is 51.4 Å². The molecule has 1 saturated heterocycles. The smallest absolute Gasteiger partial charge is 0.341 e. The number of anilines is 1. The zero-order valence-corrected chi connectivity index (χ0v) is 20.2. The van der Waals surface area contributed by atoms with Gasteiger partial charge >= 0.3 is 5.97 Å². The number of hydrogen-bond acceptors (Lipinski definition) is 6. The molecule has 8 heteroatoms. The van der Waals surface area contributed by atoms with Crippen LogP contribution in [0.25, 0.3) is 10.9 Å². The Bertz CT molecular complexity index is 1340. The number of fused-ring (bicyclic) bond motifs is 1. The molecule has 5 rings (SSSR count). The number of likely N-dealkylation sites (tertiary alicyclic amines) is 1. The van der Waals surface area contributed by atoms with Gasteiger partial charge in [-0.15, -0.1) is 0 Å². The number of esters is 1. The molecule has 0 atom stereocenters. The van der Waals surface area contributed by atoms with Crippen LogP contribution in [0.2, 0.25) is 0 Å². The first kappa shape index (κ1) is 23.5. The van der Waals surface area contributed by atoms with E-state index in [-0.39, 0.29) is 5.91 Å². The van der Waals surface area contributed by atoms with Crippen molar-refractivity contribution >= 4 is 28.7 Å². The predicted octanol–water partition coefficient (Wildman–Crippen LogP) is 4.31. The molecule has 0 saturated carbocycles. The summed E-state index contributed by atoms with van der Waals surface area (Å²) in [7, 11) is 0. The van der Waals surface area contributed by atoms with Crippen LogP contribution in [0.4, 0.5) is 5.95 Å². The van der Waals surface area contributed by atoms with Crippen molar-refractivity contribution in [2.75, 3.05) is 25.0 Å². The molecule has 1 fully saturated rings. The number of para-hydroxylation sites is 1. The number of rotatable bonds is 7. The Morgan fingerprint density at radius 2 is 1.72 bits per heavy atom. The van der Waals surface area contributed by atoms with E-state index in [1.54, 1.807) is 6.92 Å². The minimum Gasteiger partial charge on any atom is -0.462 e. The van der Waals surface area contributed by atoms with E-state index in [2.05, 4.69) is 32.4 Å². The number of benzene rings is 2. The van der Waals surface area contributed by atoms with E-state index in [1.807, 2.05) is 53.6 Å². The summed E-state index contributed by atoms with van der Waals surface area (Å²) in [6, 6.07) is 18.2. The van der Waals surface area contributed by atoms with Crippen LogP contribution < -0.4 is 5.32 Å². The first-order valence-electron chi connectivity index (χ1n) is 12.2. The molecule has 2 aromatic carbocycles. The lowest BCUT2D eigenvalue weighted by atomic mass is 9.80. The zero-order chi connectivity index (χ0) is 25.0. The van der Waals surface area contributed by atoms with E-state index < -0.39 is 11.5 Å². The van der Waals surface area contributed by atoms with Crippen molar-refractivity contribution in [2.24, 2.45) is 0 Å². The minimum absolute atomic E-state index is 0.122. The summed E-state index contributed by atoms with van der Waals surface area (Å²) in [6.45, 7) is 3.29. The maximum absolute atomic E-state index is 13.2. The Morgan fingerprint density at radius 1 is 1.03 bits per heavy atom. The molecule has 1 aliphatic heterocycles. The van der Waals surface area contributed by atoms with Gasteiger partial charge in [0.25, 0.3) is 0 Å². The molecule has 0 radical (unpaired) electrons. The monoisotopic (exact) mass is 483 g/mol. The van der Waals surface area contributed by atoms with Crippen molar-refractivity contribution in [1.82, 2.24) is 19.9 Å². The number of nitrogens with one attached hydrogen (secondary N) is 2. The van der Waals surface area contributed by atoms with Gasteiger partial charge in [0.2, 0.25) is 11.9 Å². The van der Waals surface area contributed by atoms with E-state index in [4.69, 9.17) is 4.74 Å². The number of ether oxygens (including phenoxy) is 1. The lowest BCUT2D eigenvalue weighted by Gasteiger charge is -2.43. The van der Waals surface area contributed by atoms with Crippen LogP contribution in [0.15, 0.2) is 73.2 Å². The molecule has 1 aliphatic rings. The van der Waals surface area contributed by atoms with Gasteiger partial charge in [0.15, 0.2) is 0 Å². The van der Waals surface area contributed by atoms with Crippen LogP contribution in [0.5, 0.6) is 0 Å². The fraction of sp³-hybridized carbons (Fsp3) is 0.286. The average Bonchev–Trinajstić information content (AvgIpc) is 3.33. The molecule has 184 valence electrons. The second-order valence-electron chi connectivity index (χ2n) is 9.01. The van der Waals surface area contributed by atoms with E-state index >= 15 is 0 Å². The van der Waals surface area contributed by atoms with Gasteiger partial charge in [-0.3, -0.25) is 4.79 Å². The molecule has 8 nitrogen and oxygen atoms in total. The summed E-state index contributed by atoms with van der Waals surface area (Å²) < 4.78 is 5.02. The molecule has 4 aromatic rings. The molecule has 1 amide bonds. The van der Waals surface area contributed by atoms with Gasteiger partial charge in [-0.05, 0) is 37.0 Å². The van der Waals surface area contributed by atoms with Gasteiger partial charge in [0.1, 0.15) is 0 Å². The molecule has 0 aliphatic carbocycles. The second-order valence-corrected chi connectivity index (χ2v) is 9.01. The molecule has 3 heterocycles. The maximum Gasteiger partial charge on any atom is 0.341 e. The Labute approximate surface area is 209 Å². The lowest BCUT2D eigenvalue weighted by molar-refractivity contribution is -0.131. The standard InChI is InChI=1S/C28H29N5O3/c1-2-36-26(35)21-18-30-27(31-19-21)32-28(22-8-4-3-5-9-22)12-14-33(15-13-28)25(34)16-20-17-29-24-11-7-6-10-23(20)24/h3-11,17-19,29H,2,12-16H2,1H3,(H,30,31,32). The van der Waals surface area contributed by atoms with Gasteiger partial charge in [-0.25, -0.2) is 14.8 Å². The highest BCUT2D eigenvalue weighted by Crippen LogP contribution is 2.36. The molecule has 2 N–H and O–H groups in total. The van der Waals surface area contributed by atoms with Crippen LogP contribution in [0.1, 0.15) is 41.3 Å². The molecular weight excluding hydrogens is 454 g/mol. The Morgan fingerprint density at radius 3 is 2.44 bits per heavy atom. The maximum atomic E-state index is 13.2. The van der Waals surface area contributed by atoms with Crippen molar-refractivity contribution in [1.29, 1.82) is 0 Å². The summed E-state index contributed by atoms with van der Waals surface area (Å²) in [5.41, 5.74) is 3.06. The van der Waals surface area contributed by atoms with E-state index in [0.717, 1.165) is 22.0 Å². The van der Waals surface area contributed by atoms with Crippen LogP contribution in [0, 0.1) is 0 Å². The van der Waals surface area contributed by atoms with Crippen LogP contribution in [-0.2, 0) is 21.5 Å². The number of aromatic nitrogens is 3. The first-order valence-corrected chi connectivity index (χ1v) is 12.2. The quantitative estimate of drug-likeness (QED) is 0.380. The highest BCUT2D eigenvalue weighted by Gasteiger charge is 2.38. The number of carbonyl (C=O) groups excluding carboxylic acids is 2. The molecule has 0 spiro atoms. The minimum atomic E-state index is -0.441. The first-order chi connectivity index (χ1) is 17.6. The Balaban J connectivity index is 1.31. The average molecular weight is 484 g/mol. The summed E-state index contributed by atoms with van der Waals surface area (Å²) >= 11 is 0. The highest BCUT2D eigenvalue weighted by atomic mass is 16.5. The number of amides is 1. The van der Waals surface area contributed by atoms with Gasteiger partial charge in [-0.1, -0.05) is 48.5 Å². The van der Waals surface area contributed by atoms with Gasteiger partial charge in [0.05, 0.1) is 24.1 Å². The Hall–Kier alpha value is -4.20. The van der Waals surface area contributed by atoms with Crippen molar-refractivity contribution in [3.8, 4) is 0 Å². The zero-order valence-electron chi connectivity index (χ0n) is 20.2. The SMILES string of the molecule is CCOC(=O)c1cnc(NC2(c3ccccc3)CCN(C(=O)Cc3c[nH]c4ccccc34)CC2)nc1. The van der Waals surface area contributed by atoms with Gasteiger partial charge in [0, 0.05) is 42.6 Å². The second kappa shape index (κ2) is 10.2. The summed E-state index contributed by atoms with van der Waals surface area (Å²) in [5, 5.41) is 4.61. The Kier molecular flexibility index (Phi) is 6.66.